The molecule has 1 heterocycles. The van der Waals surface area contributed by atoms with Crippen molar-refractivity contribution in [3.63, 3.8) is 0 Å². The summed E-state index contributed by atoms with van der Waals surface area (Å²) in [5.74, 6) is -0.0902. The summed E-state index contributed by atoms with van der Waals surface area (Å²) < 4.78 is 1.77. The number of rotatable bonds is 3. The van der Waals surface area contributed by atoms with Gasteiger partial charge >= 0.3 is 0 Å². The SMILES string of the molecule is CC(=O)Nc1cccc(-c2cnn(-c3cccc(N)c3)c2)c1. The van der Waals surface area contributed by atoms with Crippen LogP contribution in [-0.4, -0.2) is 15.7 Å². The lowest BCUT2D eigenvalue weighted by Gasteiger charge is -2.04. The largest absolute Gasteiger partial charge is 0.399 e. The van der Waals surface area contributed by atoms with Crippen LogP contribution in [0.25, 0.3) is 16.8 Å². The Balaban J connectivity index is 1.92. The number of nitrogens with two attached hydrogens (primary N) is 1. The molecule has 0 spiro atoms. The Morgan fingerprint density at radius 1 is 1.14 bits per heavy atom. The number of nitrogens with zero attached hydrogens (tertiary/aromatic N) is 2. The van der Waals surface area contributed by atoms with E-state index in [-0.39, 0.29) is 5.91 Å². The van der Waals surface area contributed by atoms with Crippen LogP contribution in [0.3, 0.4) is 0 Å². The maximum Gasteiger partial charge on any atom is 0.221 e. The predicted molar refractivity (Wildman–Crippen MR) is 87.7 cm³/mol. The van der Waals surface area contributed by atoms with Crippen LogP contribution >= 0.6 is 0 Å². The third-order valence-corrected chi connectivity index (χ3v) is 3.23. The number of nitrogens with one attached hydrogen (secondary N) is 1. The van der Waals surface area contributed by atoms with Gasteiger partial charge in [-0.05, 0) is 35.9 Å². The Hall–Kier alpha value is -3.08. The van der Waals surface area contributed by atoms with Gasteiger partial charge in [0.05, 0.1) is 11.9 Å². The van der Waals surface area contributed by atoms with Crippen LogP contribution in [0.2, 0.25) is 0 Å². The zero-order chi connectivity index (χ0) is 15.5. The fourth-order valence-corrected chi connectivity index (χ4v) is 2.26. The molecule has 0 bridgehead atoms. The van der Waals surface area contributed by atoms with Crippen molar-refractivity contribution in [1.82, 2.24) is 9.78 Å². The Kier molecular flexibility index (Phi) is 3.62. The lowest BCUT2D eigenvalue weighted by Crippen LogP contribution is -2.05. The highest BCUT2D eigenvalue weighted by Gasteiger charge is 2.05. The zero-order valence-corrected chi connectivity index (χ0v) is 12.2. The first-order valence-corrected chi connectivity index (χ1v) is 6.90. The summed E-state index contributed by atoms with van der Waals surface area (Å²) in [6.45, 7) is 1.49. The van der Waals surface area contributed by atoms with Crippen LogP contribution in [0.5, 0.6) is 0 Å². The maximum absolute atomic E-state index is 11.1. The van der Waals surface area contributed by atoms with Gasteiger partial charge in [-0.1, -0.05) is 18.2 Å². The van der Waals surface area contributed by atoms with Crippen molar-refractivity contribution in [3.8, 4) is 16.8 Å². The molecular weight excluding hydrogens is 276 g/mol. The summed E-state index contributed by atoms with van der Waals surface area (Å²) in [6.07, 6.45) is 3.72. The zero-order valence-electron chi connectivity index (χ0n) is 12.2. The third-order valence-electron chi connectivity index (χ3n) is 3.23. The number of hydrogen-bond acceptors (Lipinski definition) is 3. The number of anilines is 2. The normalized spacial score (nSPS) is 10.4. The van der Waals surface area contributed by atoms with E-state index in [4.69, 9.17) is 5.73 Å². The van der Waals surface area contributed by atoms with Crippen molar-refractivity contribution in [2.75, 3.05) is 11.1 Å². The molecule has 0 aliphatic carbocycles. The molecule has 110 valence electrons. The Bertz CT molecular complexity index is 823. The number of nitrogen functional groups attached to an aromatic ring is 1. The predicted octanol–water partition coefficient (Wildman–Crippen LogP) is 3.08. The van der Waals surface area contributed by atoms with Crippen LogP contribution in [0.15, 0.2) is 60.9 Å². The Labute approximate surface area is 128 Å². The molecule has 0 unspecified atom stereocenters. The summed E-state index contributed by atoms with van der Waals surface area (Å²) >= 11 is 0. The second-order valence-corrected chi connectivity index (χ2v) is 5.03. The molecule has 5 heteroatoms. The van der Waals surface area contributed by atoms with E-state index in [0.717, 1.165) is 22.5 Å². The minimum Gasteiger partial charge on any atom is -0.399 e. The topological polar surface area (TPSA) is 72.9 Å². The number of benzene rings is 2. The number of carbonyl (C=O) groups excluding carboxylic acids is 1. The van der Waals surface area contributed by atoms with Gasteiger partial charge in [0.15, 0.2) is 0 Å². The van der Waals surface area contributed by atoms with Gasteiger partial charge < -0.3 is 11.1 Å². The van der Waals surface area contributed by atoms with Gasteiger partial charge in [-0.15, -0.1) is 0 Å². The van der Waals surface area contributed by atoms with Crippen LogP contribution in [-0.2, 0) is 4.79 Å². The molecule has 0 aliphatic rings. The fourth-order valence-electron chi connectivity index (χ4n) is 2.26. The molecular formula is C17H16N4O. The summed E-state index contributed by atoms with van der Waals surface area (Å²) in [6, 6.07) is 15.2. The lowest BCUT2D eigenvalue weighted by atomic mass is 10.1. The first kappa shape index (κ1) is 13.9. The van der Waals surface area contributed by atoms with Crippen LogP contribution in [0.4, 0.5) is 11.4 Å². The highest BCUT2D eigenvalue weighted by atomic mass is 16.1. The van der Waals surface area contributed by atoms with Gasteiger partial charge in [0.25, 0.3) is 0 Å². The van der Waals surface area contributed by atoms with Gasteiger partial charge in [0, 0.05) is 30.1 Å². The van der Waals surface area contributed by atoms with E-state index in [9.17, 15) is 4.79 Å². The summed E-state index contributed by atoms with van der Waals surface area (Å²) in [5, 5.41) is 7.15. The van der Waals surface area contributed by atoms with Gasteiger partial charge in [0.2, 0.25) is 5.91 Å². The number of carbonyl (C=O) groups is 1. The first-order valence-electron chi connectivity index (χ1n) is 6.90. The highest BCUT2D eigenvalue weighted by Crippen LogP contribution is 2.23. The number of amides is 1. The van der Waals surface area contributed by atoms with Crippen LogP contribution < -0.4 is 11.1 Å². The van der Waals surface area contributed by atoms with E-state index >= 15 is 0 Å². The van der Waals surface area contributed by atoms with E-state index in [1.807, 2.05) is 54.7 Å². The quantitative estimate of drug-likeness (QED) is 0.729. The maximum atomic E-state index is 11.1. The molecule has 22 heavy (non-hydrogen) atoms. The second kappa shape index (κ2) is 5.73. The standard InChI is InChI=1S/C17H16N4O/c1-12(22)20-16-6-2-4-13(8-16)14-10-19-21(11-14)17-7-3-5-15(18)9-17/h2-11H,18H2,1H3,(H,20,22). The minimum absolute atomic E-state index is 0.0902. The minimum atomic E-state index is -0.0902. The Morgan fingerprint density at radius 2 is 1.95 bits per heavy atom. The van der Waals surface area contributed by atoms with Crippen molar-refractivity contribution in [2.45, 2.75) is 6.92 Å². The van der Waals surface area contributed by atoms with Crippen molar-refractivity contribution >= 4 is 17.3 Å². The molecule has 3 N–H and O–H groups in total. The molecule has 0 atom stereocenters. The fraction of sp³-hybridized carbons (Fsp3) is 0.0588. The number of aromatic nitrogens is 2. The summed E-state index contributed by atoms with van der Waals surface area (Å²) in [4.78, 5) is 11.1. The Morgan fingerprint density at radius 3 is 2.73 bits per heavy atom. The van der Waals surface area contributed by atoms with Crippen LogP contribution in [0, 0.1) is 0 Å². The van der Waals surface area contributed by atoms with Gasteiger partial charge in [0.1, 0.15) is 0 Å². The molecule has 0 fully saturated rings. The molecule has 0 saturated heterocycles. The molecule has 5 nitrogen and oxygen atoms in total. The molecule has 2 aromatic carbocycles. The van der Waals surface area contributed by atoms with E-state index in [2.05, 4.69) is 10.4 Å². The molecule has 0 saturated carbocycles. The molecule has 0 radical (unpaired) electrons. The average Bonchev–Trinajstić information content (AvgIpc) is 2.97. The lowest BCUT2D eigenvalue weighted by molar-refractivity contribution is -0.114. The summed E-state index contributed by atoms with van der Waals surface area (Å²) in [7, 11) is 0. The van der Waals surface area contributed by atoms with E-state index in [0.29, 0.717) is 5.69 Å². The van der Waals surface area contributed by atoms with E-state index in [1.165, 1.54) is 6.92 Å². The molecule has 1 aromatic heterocycles. The van der Waals surface area contributed by atoms with Crippen molar-refractivity contribution in [3.05, 3.63) is 60.9 Å². The molecule has 3 rings (SSSR count). The summed E-state index contributed by atoms with van der Waals surface area (Å²) in [5.41, 5.74) is 10.1. The number of hydrogen-bond donors (Lipinski definition) is 2. The smallest absolute Gasteiger partial charge is 0.221 e. The monoisotopic (exact) mass is 292 g/mol. The van der Waals surface area contributed by atoms with Gasteiger partial charge in [-0.3, -0.25) is 4.79 Å². The molecule has 0 aliphatic heterocycles. The van der Waals surface area contributed by atoms with E-state index < -0.39 is 0 Å². The van der Waals surface area contributed by atoms with Crippen LogP contribution in [0.1, 0.15) is 6.92 Å². The second-order valence-electron chi connectivity index (χ2n) is 5.03. The van der Waals surface area contributed by atoms with Crippen molar-refractivity contribution in [1.29, 1.82) is 0 Å². The average molecular weight is 292 g/mol. The molecule has 1 amide bonds. The molecule has 3 aromatic rings. The first-order chi connectivity index (χ1) is 10.6. The third kappa shape index (κ3) is 2.98. The van der Waals surface area contributed by atoms with E-state index in [1.54, 1.807) is 10.9 Å². The van der Waals surface area contributed by atoms with Crippen molar-refractivity contribution in [2.24, 2.45) is 0 Å². The highest BCUT2D eigenvalue weighted by molar-refractivity contribution is 5.89. The van der Waals surface area contributed by atoms with Gasteiger partial charge in [-0.25, -0.2) is 4.68 Å². The van der Waals surface area contributed by atoms with Gasteiger partial charge in [-0.2, -0.15) is 5.10 Å². The van der Waals surface area contributed by atoms with Crippen molar-refractivity contribution < 1.29 is 4.79 Å².